The molecule has 138 valence electrons. The molecule has 1 aliphatic carbocycles. The van der Waals surface area contributed by atoms with Gasteiger partial charge in [0, 0.05) is 32.1 Å². The van der Waals surface area contributed by atoms with Gasteiger partial charge in [-0.1, -0.05) is 25.0 Å². The number of amides is 1. The molecular weight excluding hydrogens is 343 g/mol. The number of hydrogen-bond acceptors (Lipinski definition) is 3. The molecule has 0 N–H and O–H groups in total. The monoisotopic (exact) mass is 368 g/mol. The molecule has 0 atom stereocenters. The van der Waals surface area contributed by atoms with Crippen molar-refractivity contribution in [2.75, 3.05) is 20.1 Å². The third-order valence-corrected chi connectivity index (χ3v) is 7.41. The Balaban J connectivity index is 1.63. The summed E-state index contributed by atoms with van der Waals surface area (Å²) in [5.41, 5.74) is 0. The molecule has 25 heavy (non-hydrogen) atoms. The molecule has 1 aromatic carbocycles. The molecule has 1 saturated heterocycles. The summed E-state index contributed by atoms with van der Waals surface area (Å²) in [5, 5.41) is 0. The van der Waals surface area contributed by atoms with Gasteiger partial charge in [0.25, 0.3) is 0 Å². The minimum Gasteiger partial charge on any atom is -0.343 e. The van der Waals surface area contributed by atoms with Gasteiger partial charge in [0.05, 0.1) is 0 Å². The fourth-order valence-corrected chi connectivity index (χ4v) is 5.43. The smallest absolute Gasteiger partial charge is 0.245 e. The van der Waals surface area contributed by atoms with E-state index in [0.29, 0.717) is 18.9 Å². The van der Waals surface area contributed by atoms with Crippen LogP contribution in [0, 0.1) is 11.7 Å². The van der Waals surface area contributed by atoms with Crippen molar-refractivity contribution in [3.63, 3.8) is 0 Å². The van der Waals surface area contributed by atoms with E-state index in [4.69, 9.17) is 0 Å². The lowest BCUT2D eigenvalue weighted by atomic mass is 9.96. The predicted octanol–water partition coefficient (Wildman–Crippen LogP) is 2.63. The summed E-state index contributed by atoms with van der Waals surface area (Å²) >= 11 is 0. The molecule has 0 unspecified atom stereocenters. The summed E-state index contributed by atoms with van der Waals surface area (Å²) < 4.78 is 40.4. The Kier molecular flexibility index (Phi) is 5.43. The second kappa shape index (κ2) is 7.41. The van der Waals surface area contributed by atoms with Crippen molar-refractivity contribution in [3.8, 4) is 0 Å². The zero-order valence-electron chi connectivity index (χ0n) is 14.5. The van der Waals surface area contributed by atoms with E-state index in [0.717, 1.165) is 18.9 Å². The molecule has 1 amide bonds. The van der Waals surface area contributed by atoms with Gasteiger partial charge in [0.15, 0.2) is 0 Å². The van der Waals surface area contributed by atoms with Crippen LogP contribution in [0.4, 0.5) is 4.39 Å². The summed E-state index contributed by atoms with van der Waals surface area (Å²) in [5.74, 6) is -0.755. The molecular formula is C18H25FN2O3S. The Bertz CT molecular complexity index is 724. The average molecular weight is 368 g/mol. The Morgan fingerprint density at radius 1 is 1.12 bits per heavy atom. The molecule has 2 fully saturated rings. The summed E-state index contributed by atoms with van der Waals surface area (Å²) in [7, 11) is -1.98. The van der Waals surface area contributed by atoms with Crippen molar-refractivity contribution in [2.24, 2.45) is 5.92 Å². The van der Waals surface area contributed by atoms with E-state index in [1.54, 1.807) is 0 Å². The molecule has 0 spiro atoms. The van der Waals surface area contributed by atoms with Gasteiger partial charge in [-0.05, 0) is 37.8 Å². The lowest BCUT2D eigenvalue weighted by molar-refractivity contribution is -0.137. The molecule has 0 radical (unpaired) electrons. The Labute approximate surface area is 148 Å². The Morgan fingerprint density at radius 2 is 1.72 bits per heavy atom. The standard InChI is InChI=1S/C18H25FN2O3S/c1-20(15-6-2-3-7-15)18(22)14-10-12-21(13-11-14)25(23,24)17-9-5-4-8-16(17)19/h4-5,8-9,14-15H,2-3,6-7,10-13H2,1H3. The number of carbonyl (C=O) groups excluding carboxylic acids is 1. The second-order valence-corrected chi connectivity index (χ2v) is 8.90. The Hall–Kier alpha value is -1.47. The van der Waals surface area contributed by atoms with Crippen LogP contribution >= 0.6 is 0 Å². The fraction of sp³-hybridized carbons (Fsp3) is 0.611. The highest BCUT2D eigenvalue weighted by atomic mass is 32.2. The molecule has 2 aliphatic rings. The van der Waals surface area contributed by atoms with Crippen LogP contribution in [0.2, 0.25) is 0 Å². The molecule has 0 bridgehead atoms. The topological polar surface area (TPSA) is 57.7 Å². The van der Waals surface area contributed by atoms with E-state index in [2.05, 4.69) is 0 Å². The van der Waals surface area contributed by atoms with Crippen LogP contribution in [-0.2, 0) is 14.8 Å². The zero-order valence-corrected chi connectivity index (χ0v) is 15.3. The first-order valence-electron chi connectivity index (χ1n) is 8.92. The average Bonchev–Trinajstić information content (AvgIpc) is 3.15. The number of carbonyl (C=O) groups is 1. The summed E-state index contributed by atoms with van der Waals surface area (Å²) in [6.07, 6.45) is 5.43. The normalized spacial score (nSPS) is 20.7. The van der Waals surface area contributed by atoms with Crippen molar-refractivity contribution in [1.29, 1.82) is 0 Å². The van der Waals surface area contributed by atoms with Crippen LogP contribution < -0.4 is 0 Å². The molecule has 5 nitrogen and oxygen atoms in total. The minimum atomic E-state index is -3.84. The van der Waals surface area contributed by atoms with Crippen molar-refractivity contribution < 1.29 is 17.6 Å². The molecule has 0 aromatic heterocycles. The highest BCUT2D eigenvalue weighted by Gasteiger charge is 2.35. The van der Waals surface area contributed by atoms with E-state index in [9.17, 15) is 17.6 Å². The number of hydrogen-bond donors (Lipinski definition) is 0. The number of piperidine rings is 1. The molecule has 7 heteroatoms. The quantitative estimate of drug-likeness (QED) is 0.821. The maximum absolute atomic E-state index is 13.9. The number of sulfonamides is 1. The van der Waals surface area contributed by atoms with Gasteiger partial charge < -0.3 is 4.90 Å². The fourth-order valence-electron chi connectivity index (χ4n) is 3.90. The van der Waals surface area contributed by atoms with Crippen LogP contribution in [0.3, 0.4) is 0 Å². The van der Waals surface area contributed by atoms with Gasteiger partial charge in [-0.2, -0.15) is 4.31 Å². The van der Waals surface area contributed by atoms with Gasteiger partial charge in [-0.15, -0.1) is 0 Å². The van der Waals surface area contributed by atoms with Crippen molar-refractivity contribution in [3.05, 3.63) is 30.1 Å². The van der Waals surface area contributed by atoms with Gasteiger partial charge in [0.1, 0.15) is 10.7 Å². The number of nitrogens with zero attached hydrogens (tertiary/aromatic N) is 2. The first-order chi connectivity index (χ1) is 11.9. The van der Waals surface area contributed by atoms with Crippen LogP contribution in [-0.4, -0.2) is 49.7 Å². The van der Waals surface area contributed by atoms with Gasteiger partial charge in [-0.25, -0.2) is 12.8 Å². The maximum atomic E-state index is 13.9. The highest BCUT2D eigenvalue weighted by Crippen LogP contribution is 2.29. The third kappa shape index (κ3) is 3.72. The number of halogens is 1. The first kappa shape index (κ1) is 18.3. The van der Waals surface area contributed by atoms with Gasteiger partial charge in [0.2, 0.25) is 15.9 Å². The lowest BCUT2D eigenvalue weighted by Crippen LogP contribution is -2.45. The molecule has 1 saturated carbocycles. The minimum absolute atomic E-state index is 0.120. The molecule has 1 aromatic rings. The van der Waals surface area contributed by atoms with Crippen LogP contribution in [0.5, 0.6) is 0 Å². The maximum Gasteiger partial charge on any atom is 0.245 e. The highest BCUT2D eigenvalue weighted by molar-refractivity contribution is 7.89. The van der Waals surface area contributed by atoms with Crippen LogP contribution in [0.1, 0.15) is 38.5 Å². The van der Waals surface area contributed by atoms with Gasteiger partial charge in [-0.3, -0.25) is 4.79 Å². The SMILES string of the molecule is CN(C(=O)C1CCN(S(=O)(=O)c2ccccc2F)CC1)C1CCCC1. The molecule has 1 aliphatic heterocycles. The van der Waals surface area contributed by atoms with E-state index < -0.39 is 15.8 Å². The third-order valence-electron chi connectivity index (χ3n) is 5.48. The predicted molar refractivity (Wildman–Crippen MR) is 92.9 cm³/mol. The van der Waals surface area contributed by atoms with E-state index >= 15 is 0 Å². The van der Waals surface area contributed by atoms with Gasteiger partial charge >= 0.3 is 0 Å². The summed E-state index contributed by atoms with van der Waals surface area (Å²) in [6.45, 7) is 0.511. The Morgan fingerprint density at radius 3 is 2.32 bits per heavy atom. The summed E-state index contributed by atoms with van der Waals surface area (Å²) in [6, 6.07) is 5.75. The van der Waals surface area contributed by atoms with E-state index in [-0.39, 0.29) is 29.8 Å². The van der Waals surface area contributed by atoms with E-state index in [1.807, 2.05) is 11.9 Å². The largest absolute Gasteiger partial charge is 0.343 e. The summed E-state index contributed by atoms with van der Waals surface area (Å²) in [4.78, 5) is 14.2. The lowest BCUT2D eigenvalue weighted by Gasteiger charge is -2.34. The zero-order chi connectivity index (χ0) is 18.0. The number of rotatable bonds is 4. The second-order valence-electron chi connectivity index (χ2n) is 7.00. The van der Waals surface area contributed by atoms with Crippen LogP contribution in [0.15, 0.2) is 29.2 Å². The van der Waals surface area contributed by atoms with Crippen molar-refractivity contribution in [2.45, 2.75) is 49.5 Å². The first-order valence-corrected chi connectivity index (χ1v) is 10.4. The number of benzene rings is 1. The van der Waals surface area contributed by atoms with Crippen molar-refractivity contribution in [1.82, 2.24) is 9.21 Å². The van der Waals surface area contributed by atoms with Crippen molar-refractivity contribution >= 4 is 15.9 Å². The molecule has 3 rings (SSSR count). The van der Waals surface area contributed by atoms with E-state index in [1.165, 1.54) is 35.3 Å². The molecule has 1 heterocycles. The van der Waals surface area contributed by atoms with Crippen LogP contribution in [0.25, 0.3) is 0 Å².